The van der Waals surface area contributed by atoms with Gasteiger partial charge in [0, 0.05) is 24.8 Å². The predicted octanol–water partition coefficient (Wildman–Crippen LogP) is 5.23. The molecule has 1 saturated carbocycles. The van der Waals surface area contributed by atoms with Gasteiger partial charge >= 0.3 is 0 Å². The molecule has 1 aliphatic rings. The molecule has 0 N–H and O–H groups in total. The molecule has 0 radical (unpaired) electrons. The molecule has 0 bridgehead atoms. The Bertz CT molecular complexity index is 432. The van der Waals surface area contributed by atoms with Crippen LogP contribution >= 0.6 is 27.5 Å². The molecule has 1 fully saturated rings. The zero-order valence-electron chi connectivity index (χ0n) is 12.1. The first-order chi connectivity index (χ1) is 9.66. The lowest BCUT2D eigenvalue weighted by Gasteiger charge is -2.30. The molecular formula is C16H22BrClO2. The Labute approximate surface area is 134 Å². The van der Waals surface area contributed by atoms with E-state index in [1.165, 1.54) is 37.7 Å². The number of ether oxygens (including phenoxy) is 2. The van der Waals surface area contributed by atoms with Crippen molar-refractivity contribution in [2.75, 3.05) is 19.5 Å². The van der Waals surface area contributed by atoms with Crippen molar-refractivity contribution in [3.05, 3.63) is 34.3 Å². The summed E-state index contributed by atoms with van der Waals surface area (Å²) in [6, 6.07) is 6.20. The summed E-state index contributed by atoms with van der Waals surface area (Å²) in [6.07, 6.45) is 6.47. The fraction of sp³-hybridized carbons (Fsp3) is 0.625. The van der Waals surface area contributed by atoms with Crippen molar-refractivity contribution < 1.29 is 9.47 Å². The van der Waals surface area contributed by atoms with E-state index < -0.39 is 5.79 Å². The van der Waals surface area contributed by atoms with Crippen molar-refractivity contribution in [1.82, 2.24) is 0 Å². The first kappa shape index (κ1) is 16.3. The number of methoxy groups -OCH3 is 2. The third-order valence-corrected chi connectivity index (χ3v) is 5.39. The van der Waals surface area contributed by atoms with Gasteiger partial charge in [-0.1, -0.05) is 58.9 Å². The minimum Gasteiger partial charge on any atom is -0.349 e. The van der Waals surface area contributed by atoms with E-state index in [2.05, 4.69) is 28.1 Å². The number of benzene rings is 1. The van der Waals surface area contributed by atoms with Crippen LogP contribution in [-0.4, -0.2) is 19.5 Å². The third-order valence-electron chi connectivity index (χ3n) is 4.32. The van der Waals surface area contributed by atoms with Crippen LogP contribution < -0.4 is 0 Å². The number of rotatable bonds is 5. The Morgan fingerprint density at radius 1 is 1.20 bits per heavy atom. The second kappa shape index (κ2) is 7.26. The Morgan fingerprint density at radius 2 is 1.85 bits per heavy atom. The fourth-order valence-electron chi connectivity index (χ4n) is 3.01. The lowest BCUT2D eigenvalue weighted by atomic mass is 9.83. The minimum atomic E-state index is -0.769. The SMILES string of the molecule is COC(CBr)(OC)c1ccc(C2CCCCC2)c(Cl)c1. The molecule has 112 valence electrons. The highest BCUT2D eigenvalue weighted by atomic mass is 79.9. The lowest BCUT2D eigenvalue weighted by Crippen LogP contribution is -2.32. The number of hydrogen-bond acceptors (Lipinski definition) is 2. The van der Waals surface area contributed by atoms with E-state index in [9.17, 15) is 0 Å². The van der Waals surface area contributed by atoms with Crippen molar-refractivity contribution in [2.45, 2.75) is 43.8 Å². The zero-order chi connectivity index (χ0) is 14.6. The van der Waals surface area contributed by atoms with Gasteiger partial charge in [-0.05, 0) is 30.4 Å². The minimum absolute atomic E-state index is 0.562. The normalized spacial score (nSPS) is 17.4. The van der Waals surface area contributed by atoms with Crippen LogP contribution in [0.15, 0.2) is 18.2 Å². The van der Waals surface area contributed by atoms with Crippen molar-refractivity contribution in [2.24, 2.45) is 0 Å². The summed E-state index contributed by atoms with van der Waals surface area (Å²) >= 11 is 9.97. The van der Waals surface area contributed by atoms with Crippen LogP contribution in [0.5, 0.6) is 0 Å². The van der Waals surface area contributed by atoms with Crippen LogP contribution in [0.1, 0.15) is 49.1 Å². The molecule has 0 atom stereocenters. The highest BCUT2D eigenvalue weighted by Crippen LogP contribution is 2.38. The predicted molar refractivity (Wildman–Crippen MR) is 86.8 cm³/mol. The van der Waals surface area contributed by atoms with Crippen molar-refractivity contribution in [1.29, 1.82) is 0 Å². The molecule has 0 aromatic heterocycles. The van der Waals surface area contributed by atoms with Crippen molar-refractivity contribution in [3.63, 3.8) is 0 Å². The molecule has 1 aliphatic carbocycles. The fourth-order valence-corrected chi connectivity index (χ4v) is 4.13. The van der Waals surface area contributed by atoms with Crippen molar-refractivity contribution >= 4 is 27.5 Å². The lowest BCUT2D eigenvalue weighted by molar-refractivity contribution is -0.196. The van der Waals surface area contributed by atoms with E-state index in [1.807, 2.05) is 6.07 Å². The number of alkyl halides is 1. The number of hydrogen-bond donors (Lipinski definition) is 0. The summed E-state index contributed by atoms with van der Waals surface area (Å²) in [4.78, 5) is 0. The highest BCUT2D eigenvalue weighted by molar-refractivity contribution is 9.09. The maximum absolute atomic E-state index is 6.51. The molecule has 0 spiro atoms. The van der Waals surface area contributed by atoms with E-state index in [4.69, 9.17) is 21.1 Å². The molecule has 1 aromatic carbocycles. The third kappa shape index (κ3) is 3.22. The van der Waals surface area contributed by atoms with Gasteiger partial charge < -0.3 is 9.47 Å². The van der Waals surface area contributed by atoms with Crippen LogP contribution in [0.2, 0.25) is 5.02 Å². The molecule has 0 heterocycles. The first-order valence-corrected chi connectivity index (χ1v) is 8.63. The van der Waals surface area contributed by atoms with Gasteiger partial charge in [0.25, 0.3) is 0 Å². The average molecular weight is 362 g/mol. The second-order valence-electron chi connectivity index (χ2n) is 5.37. The van der Waals surface area contributed by atoms with E-state index in [-0.39, 0.29) is 0 Å². The summed E-state index contributed by atoms with van der Waals surface area (Å²) in [6.45, 7) is 0. The summed E-state index contributed by atoms with van der Waals surface area (Å²) in [5, 5.41) is 1.39. The average Bonchev–Trinajstić information content (AvgIpc) is 2.51. The van der Waals surface area contributed by atoms with Gasteiger partial charge in [0.15, 0.2) is 0 Å². The van der Waals surface area contributed by atoms with E-state index in [0.717, 1.165) is 10.6 Å². The maximum atomic E-state index is 6.51. The van der Waals surface area contributed by atoms with E-state index >= 15 is 0 Å². The molecule has 0 saturated heterocycles. The Balaban J connectivity index is 2.29. The molecule has 0 amide bonds. The summed E-state index contributed by atoms with van der Waals surface area (Å²) in [5.74, 6) is -0.164. The Morgan fingerprint density at radius 3 is 2.35 bits per heavy atom. The van der Waals surface area contributed by atoms with Crippen LogP contribution in [0.3, 0.4) is 0 Å². The standard InChI is InChI=1S/C16H22BrClO2/c1-19-16(11-17,20-2)13-8-9-14(15(18)10-13)12-6-4-3-5-7-12/h8-10,12H,3-7,11H2,1-2H3. The summed E-state index contributed by atoms with van der Waals surface area (Å²) in [7, 11) is 3.29. The molecule has 0 unspecified atom stereocenters. The van der Waals surface area contributed by atoms with Gasteiger partial charge in [0.05, 0.1) is 5.33 Å². The van der Waals surface area contributed by atoms with Crippen LogP contribution in [0.4, 0.5) is 0 Å². The van der Waals surface area contributed by atoms with Gasteiger partial charge in [-0.2, -0.15) is 0 Å². The van der Waals surface area contributed by atoms with Crippen LogP contribution in [0, 0.1) is 0 Å². The Kier molecular flexibility index (Phi) is 5.91. The maximum Gasteiger partial charge on any atom is 0.204 e. The van der Waals surface area contributed by atoms with Crippen LogP contribution in [-0.2, 0) is 15.3 Å². The summed E-state index contributed by atoms with van der Waals surface area (Å²) < 4.78 is 11.1. The quantitative estimate of drug-likeness (QED) is 0.528. The van der Waals surface area contributed by atoms with Gasteiger partial charge in [-0.15, -0.1) is 0 Å². The van der Waals surface area contributed by atoms with Gasteiger partial charge in [-0.3, -0.25) is 0 Å². The first-order valence-electron chi connectivity index (χ1n) is 7.13. The zero-order valence-corrected chi connectivity index (χ0v) is 14.5. The summed E-state index contributed by atoms with van der Waals surface area (Å²) in [5.41, 5.74) is 2.22. The molecule has 20 heavy (non-hydrogen) atoms. The highest BCUT2D eigenvalue weighted by Gasteiger charge is 2.32. The van der Waals surface area contributed by atoms with Gasteiger partial charge in [0.2, 0.25) is 5.79 Å². The van der Waals surface area contributed by atoms with E-state index in [1.54, 1.807) is 14.2 Å². The van der Waals surface area contributed by atoms with Gasteiger partial charge in [0.1, 0.15) is 0 Å². The molecule has 2 nitrogen and oxygen atoms in total. The molecule has 0 aliphatic heterocycles. The molecule has 2 rings (SSSR count). The molecular weight excluding hydrogens is 340 g/mol. The molecule has 4 heteroatoms. The second-order valence-corrected chi connectivity index (χ2v) is 6.33. The number of halogens is 2. The van der Waals surface area contributed by atoms with Crippen LogP contribution in [0.25, 0.3) is 0 Å². The van der Waals surface area contributed by atoms with Crippen molar-refractivity contribution in [3.8, 4) is 0 Å². The van der Waals surface area contributed by atoms with E-state index in [0.29, 0.717) is 11.2 Å². The van der Waals surface area contributed by atoms with Gasteiger partial charge in [-0.25, -0.2) is 0 Å². The Hall–Kier alpha value is -0.0900. The monoisotopic (exact) mass is 360 g/mol. The molecule has 1 aromatic rings. The topological polar surface area (TPSA) is 18.5 Å². The largest absolute Gasteiger partial charge is 0.349 e. The smallest absolute Gasteiger partial charge is 0.204 e.